The molecule has 1 aliphatic heterocycles. The highest BCUT2D eigenvalue weighted by Gasteiger charge is 2.39. The monoisotopic (exact) mass is 430 g/mol. The number of carbonyl (C=O) groups is 1. The van der Waals surface area contributed by atoms with Crippen LogP contribution in [-0.4, -0.2) is 25.7 Å². The predicted molar refractivity (Wildman–Crippen MR) is 105 cm³/mol. The van der Waals surface area contributed by atoms with Crippen LogP contribution in [0, 0.1) is 5.41 Å². The van der Waals surface area contributed by atoms with E-state index in [9.17, 15) is 18.0 Å². The van der Waals surface area contributed by atoms with Crippen LogP contribution in [0.3, 0.4) is 0 Å². The molecular formula is C20H22ClF3N2O3. The van der Waals surface area contributed by atoms with Gasteiger partial charge in [-0.2, -0.15) is 13.2 Å². The lowest BCUT2D eigenvalue weighted by atomic mass is 9.79. The summed E-state index contributed by atoms with van der Waals surface area (Å²) in [5.74, 6) is -0.236. The molecule has 3 N–H and O–H groups in total. The summed E-state index contributed by atoms with van der Waals surface area (Å²) in [5, 5.41) is 2.82. The Bertz CT molecular complexity index is 822. The Morgan fingerprint density at radius 2 is 1.72 bits per heavy atom. The normalized spacial score (nSPS) is 15.9. The van der Waals surface area contributed by atoms with Gasteiger partial charge in [0.25, 0.3) is 0 Å². The fourth-order valence-corrected chi connectivity index (χ4v) is 3.07. The molecule has 5 nitrogen and oxygen atoms in total. The maximum Gasteiger partial charge on any atom is 0.419 e. The summed E-state index contributed by atoms with van der Waals surface area (Å²) in [6.07, 6.45) is -3.42. The summed E-state index contributed by atoms with van der Waals surface area (Å²) < 4.78 is 49.9. The molecule has 2 aromatic rings. The van der Waals surface area contributed by atoms with E-state index < -0.39 is 17.2 Å². The van der Waals surface area contributed by atoms with Crippen molar-refractivity contribution in [1.29, 1.82) is 0 Å². The Hall–Kier alpha value is -2.29. The van der Waals surface area contributed by atoms with Crippen molar-refractivity contribution in [3.8, 4) is 11.5 Å². The molecule has 2 aromatic carbocycles. The topological polar surface area (TPSA) is 73.6 Å². The van der Waals surface area contributed by atoms with E-state index in [1.54, 1.807) is 12.1 Å². The molecule has 0 spiro atoms. The Morgan fingerprint density at radius 1 is 1.10 bits per heavy atom. The third kappa shape index (κ3) is 5.41. The number of para-hydroxylation sites is 1. The molecule has 1 aliphatic rings. The SMILES string of the molecule is Cl.NCC1(C(=O)Nc2ccc(Oc3ccccc3C(F)(F)F)cc2)CCOCC1. The van der Waals surface area contributed by atoms with Gasteiger partial charge in [-0.15, -0.1) is 12.4 Å². The van der Waals surface area contributed by atoms with E-state index in [4.69, 9.17) is 15.2 Å². The molecule has 0 aromatic heterocycles. The van der Waals surface area contributed by atoms with Gasteiger partial charge in [0.1, 0.15) is 11.5 Å². The first-order chi connectivity index (χ1) is 13.3. The number of hydrogen-bond acceptors (Lipinski definition) is 4. The number of rotatable bonds is 5. The van der Waals surface area contributed by atoms with Gasteiger partial charge in [-0.05, 0) is 49.2 Å². The number of anilines is 1. The number of amides is 1. The van der Waals surface area contributed by atoms with Gasteiger partial charge in [-0.3, -0.25) is 4.79 Å². The first-order valence-corrected chi connectivity index (χ1v) is 8.87. The van der Waals surface area contributed by atoms with Gasteiger partial charge in [-0.25, -0.2) is 0 Å². The van der Waals surface area contributed by atoms with Crippen LogP contribution >= 0.6 is 12.4 Å². The molecule has 9 heteroatoms. The second-order valence-corrected chi connectivity index (χ2v) is 6.67. The minimum atomic E-state index is -4.51. The van der Waals surface area contributed by atoms with E-state index >= 15 is 0 Å². The van der Waals surface area contributed by atoms with Crippen molar-refractivity contribution in [3.05, 3.63) is 54.1 Å². The number of halogens is 4. The van der Waals surface area contributed by atoms with Gasteiger partial charge < -0.3 is 20.5 Å². The number of ether oxygens (including phenoxy) is 2. The van der Waals surface area contributed by atoms with Crippen LogP contribution in [0.15, 0.2) is 48.5 Å². The summed E-state index contributed by atoms with van der Waals surface area (Å²) in [5.41, 5.74) is 4.82. The minimum Gasteiger partial charge on any atom is -0.457 e. The van der Waals surface area contributed by atoms with E-state index in [-0.39, 0.29) is 36.4 Å². The largest absolute Gasteiger partial charge is 0.457 e. The van der Waals surface area contributed by atoms with Crippen LogP contribution in [0.25, 0.3) is 0 Å². The van der Waals surface area contributed by atoms with Crippen molar-refractivity contribution in [1.82, 2.24) is 0 Å². The Morgan fingerprint density at radius 3 is 2.31 bits per heavy atom. The Balaban J connectivity index is 0.00000300. The zero-order valence-corrected chi connectivity index (χ0v) is 16.3. The zero-order valence-electron chi connectivity index (χ0n) is 15.5. The van der Waals surface area contributed by atoms with Crippen LogP contribution in [0.2, 0.25) is 0 Å². The molecular weight excluding hydrogens is 409 g/mol. The van der Waals surface area contributed by atoms with Crippen LogP contribution in [0.4, 0.5) is 18.9 Å². The first kappa shape index (κ1) is 23.0. The molecule has 3 rings (SSSR count). The van der Waals surface area contributed by atoms with Crippen molar-refractivity contribution >= 4 is 24.0 Å². The molecule has 1 amide bonds. The highest BCUT2D eigenvalue weighted by molar-refractivity contribution is 5.95. The van der Waals surface area contributed by atoms with Gasteiger partial charge in [-0.1, -0.05) is 12.1 Å². The van der Waals surface area contributed by atoms with Crippen molar-refractivity contribution in [2.24, 2.45) is 11.1 Å². The maximum atomic E-state index is 13.1. The zero-order chi connectivity index (χ0) is 20.2. The van der Waals surface area contributed by atoms with Crippen molar-refractivity contribution < 1.29 is 27.4 Å². The molecule has 1 heterocycles. The number of nitrogens with one attached hydrogen (secondary N) is 1. The van der Waals surface area contributed by atoms with E-state index in [1.807, 2.05) is 0 Å². The number of benzene rings is 2. The molecule has 0 radical (unpaired) electrons. The van der Waals surface area contributed by atoms with Gasteiger partial charge in [0.15, 0.2) is 0 Å². The van der Waals surface area contributed by atoms with E-state index in [1.165, 1.54) is 30.3 Å². The summed E-state index contributed by atoms with van der Waals surface area (Å²) in [6, 6.07) is 11.2. The minimum absolute atomic E-state index is 0. The molecule has 158 valence electrons. The first-order valence-electron chi connectivity index (χ1n) is 8.87. The quantitative estimate of drug-likeness (QED) is 0.726. The fraction of sp³-hybridized carbons (Fsp3) is 0.350. The van der Waals surface area contributed by atoms with Crippen molar-refractivity contribution in [3.63, 3.8) is 0 Å². The lowest BCUT2D eigenvalue weighted by Gasteiger charge is -2.34. The summed E-state index contributed by atoms with van der Waals surface area (Å²) in [6.45, 7) is 1.18. The number of alkyl halides is 3. The molecule has 0 atom stereocenters. The van der Waals surface area contributed by atoms with Crippen molar-refractivity contribution in [2.45, 2.75) is 19.0 Å². The third-order valence-electron chi connectivity index (χ3n) is 4.85. The lowest BCUT2D eigenvalue weighted by Crippen LogP contribution is -2.46. The van der Waals surface area contributed by atoms with Crippen LogP contribution in [0.1, 0.15) is 18.4 Å². The van der Waals surface area contributed by atoms with Crippen LogP contribution in [-0.2, 0) is 15.7 Å². The van der Waals surface area contributed by atoms with E-state index in [2.05, 4.69) is 5.32 Å². The van der Waals surface area contributed by atoms with Crippen LogP contribution in [0.5, 0.6) is 11.5 Å². The van der Waals surface area contributed by atoms with Crippen molar-refractivity contribution in [2.75, 3.05) is 25.1 Å². The molecule has 0 bridgehead atoms. The second-order valence-electron chi connectivity index (χ2n) is 6.67. The van der Waals surface area contributed by atoms with Gasteiger partial charge in [0.2, 0.25) is 5.91 Å². The van der Waals surface area contributed by atoms with E-state index in [0.717, 1.165) is 6.07 Å². The fourth-order valence-electron chi connectivity index (χ4n) is 3.07. The smallest absolute Gasteiger partial charge is 0.419 e. The Labute approximate surface area is 172 Å². The molecule has 1 fully saturated rings. The third-order valence-corrected chi connectivity index (χ3v) is 4.85. The summed E-state index contributed by atoms with van der Waals surface area (Å²) >= 11 is 0. The lowest BCUT2D eigenvalue weighted by molar-refractivity contribution is -0.138. The molecule has 0 unspecified atom stereocenters. The van der Waals surface area contributed by atoms with E-state index in [0.29, 0.717) is 31.7 Å². The number of nitrogens with two attached hydrogens (primary N) is 1. The highest BCUT2D eigenvalue weighted by atomic mass is 35.5. The molecule has 1 saturated heterocycles. The molecule has 0 saturated carbocycles. The van der Waals surface area contributed by atoms with Gasteiger partial charge in [0.05, 0.1) is 11.0 Å². The second kappa shape index (κ2) is 9.47. The standard InChI is InChI=1S/C20H21F3N2O3.ClH/c21-20(22,23)16-3-1-2-4-17(16)28-15-7-5-14(6-8-15)25-18(26)19(13-24)9-11-27-12-10-19;/h1-8H,9-13,24H2,(H,25,26);1H. The average molecular weight is 431 g/mol. The van der Waals surface area contributed by atoms with Gasteiger partial charge >= 0.3 is 6.18 Å². The number of carbonyl (C=O) groups excluding carboxylic acids is 1. The predicted octanol–water partition coefficient (Wildman–Crippen LogP) is 4.61. The molecule has 0 aliphatic carbocycles. The molecule has 29 heavy (non-hydrogen) atoms. The van der Waals surface area contributed by atoms with Crippen LogP contribution < -0.4 is 15.8 Å². The maximum absolute atomic E-state index is 13.1. The van der Waals surface area contributed by atoms with Gasteiger partial charge in [0, 0.05) is 25.4 Å². The number of hydrogen-bond donors (Lipinski definition) is 2. The summed E-state index contributed by atoms with van der Waals surface area (Å²) in [7, 11) is 0. The Kier molecular flexibility index (Phi) is 7.51. The average Bonchev–Trinajstić information content (AvgIpc) is 2.69. The highest BCUT2D eigenvalue weighted by Crippen LogP contribution is 2.38. The summed E-state index contributed by atoms with van der Waals surface area (Å²) in [4.78, 5) is 12.6.